The fourth-order valence-corrected chi connectivity index (χ4v) is 4.79. The van der Waals surface area contributed by atoms with Crippen LogP contribution in [0.4, 0.5) is 21.6 Å². The fraction of sp³-hybridized carbons (Fsp3) is 0.364. The van der Waals surface area contributed by atoms with Gasteiger partial charge in [0.25, 0.3) is 0 Å². The summed E-state index contributed by atoms with van der Waals surface area (Å²) in [6.07, 6.45) is 3.60. The average molecular weight is 458 g/mol. The molecule has 5 rings (SSSR count). The molecule has 2 heterocycles. The van der Waals surface area contributed by atoms with E-state index in [2.05, 4.69) is 27.2 Å². The number of hydrogen-bond acceptors (Lipinski definition) is 7. The van der Waals surface area contributed by atoms with Crippen molar-refractivity contribution >= 4 is 39.7 Å². The first kappa shape index (κ1) is 20.8. The number of nitro benzene ring substituents is 1. The number of nitro groups is 1. The highest BCUT2D eigenvalue weighted by Gasteiger charge is 2.56. The molecule has 2 fully saturated rings. The molecule has 0 bridgehead atoms. The number of anilines is 2. The van der Waals surface area contributed by atoms with Crippen molar-refractivity contribution in [3.63, 3.8) is 0 Å². The van der Waals surface area contributed by atoms with E-state index in [1.54, 1.807) is 6.07 Å². The van der Waals surface area contributed by atoms with Gasteiger partial charge in [-0.3, -0.25) is 10.1 Å². The molecule has 1 aliphatic carbocycles. The summed E-state index contributed by atoms with van der Waals surface area (Å²) in [7, 11) is 2.12. The van der Waals surface area contributed by atoms with E-state index in [4.69, 9.17) is 16.3 Å². The van der Waals surface area contributed by atoms with Gasteiger partial charge in [0.05, 0.1) is 27.5 Å². The zero-order valence-electron chi connectivity index (χ0n) is 17.3. The summed E-state index contributed by atoms with van der Waals surface area (Å²) < 4.78 is 19.4. The molecule has 0 amide bonds. The number of ether oxygens (including phenoxy) is 1. The number of halogens is 2. The lowest BCUT2D eigenvalue weighted by molar-refractivity contribution is -0.385. The number of nitrogens with one attached hydrogen (secondary N) is 1. The van der Waals surface area contributed by atoms with Gasteiger partial charge < -0.3 is 15.0 Å². The zero-order chi connectivity index (χ0) is 22.5. The van der Waals surface area contributed by atoms with Crippen LogP contribution in [0.1, 0.15) is 12.8 Å². The molecule has 10 heteroatoms. The Bertz CT molecular complexity index is 1230. The van der Waals surface area contributed by atoms with Crippen molar-refractivity contribution < 1.29 is 14.1 Å². The van der Waals surface area contributed by atoms with Crippen LogP contribution in [0.15, 0.2) is 36.7 Å². The molecule has 2 atom stereocenters. The van der Waals surface area contributed by atoms with Gasteiger partial charge in [-0.2, -0.15) is 0 Å². The SMILES string of the molecule is CN1CCC2(CC2COc2cc3ncnc(Nc4ccc(F)c(Cl)c4)c3cc2[N+](=O)[O-])C1. The molecule has 2 aliphatic rings. The largest absolute Gasteiger partial charge is 0.486 e. The van der Waals surface area contributed by atoms with E-state index in [0.717, 1.165) is 25.9 Å². The lowest BCUT2D eigenvalue weighted by atomic mass is 10.0. The van der Waals surface area contributed by atoms with Gasteiger partial charge >= 0.3 is 5.69 Å². The van der Waals surface area contributed by atoms with Gasteiger partial charge in [-0.15, -0.1) is 0 Å². The fourth-order valence-electron chi connectivity index (χ4n) is 4.61. The Balaban J connectivity index is 1.42. The van der Waals surface area contributed by atoms with Crippen LogP contribution < -0.4 is 10.1 Å². The molecule has 8 nitrogen and oxygen atoms in total. The van der Waals surface area contributed by atoms with E-state index in [1.165, 1.54) is 30.6 Å². The summed E-state index contributed by atoms with van der Waals surface area (Å²) in [5.41, 5.74) is 1.16. The first-order chi connectivity index (χ1) is 15.3. The second-order valence-corrected chi connectivity index (χ2v) is 9.04. The Morgan fingerprint density at radius 3 is 2.94 bits per heavy atom. The molecule has 1 N–H and O–H groups in total. The Hall–Kier alpha value is -3.04. The molecule has 32 heavy (non-hydrogen) atoms. The number of rotatable bonds is 6. The van der Waals surface area contributed by atoms with E-state index < -0.39 is 10.7 Å². The zero-order valence-corrected chi connectivity index (χ0v) is 18.1. The second-order valence-electron chi connectivity index (χ2n) is 8.63. The molecule has 1 aromatic heterocycles. The number of hydrogen-bond donors (Lipinski definition) is 1. The van der Waals surface area contributed by atoms with Crippen molar-refractivity contribution in [2.45, 2.75) is 12.8 Å². The minimum Gasteiger partial charge on any atom is -0.486 e. The predicted octanol–water partition coefficient (Wildman–Crippen LogP) is 4.79. The summed E-state index contributed by atoms with van der Waals surface area (Å²) in [5, 5.41) is 15.2. The smallest absolute Gasteiger partial charge is 0.311 e. The molecule has 1 saturated carbocycles. The molecule has 3 aromatic rings. The standard InChI is InChI=1S/C22H21ClFN5O3/c1-28-5-4-22(11-28)9-13(22)10-32-20-8-18-15(7-19(20)29(30)31)21(26-12-25-18)27-14-2-3-17(24)16(23)6-14/h2-3,6-8,12-13H,4-5,9-11H2,1H3,(H,25,26,27). The third kappa shape index (κ3) is 3.82. The van der Waals surface area contributed by atoms with Crippen LogP contribution >= 0.6 is 11.6 Å². The highest BCUT2D eigenvalue weighted by molar-refractivity contribution is 6.31. The molecule has 1 spiro atoms. The van der Waals surface area contributed by atoms with Crippen molar-refractivity contribution in [1.82, 2.24) is 14.9 Å². The summed E-state index contributed by atoms with van der Waals surface area (Å²) in [6.45, 7) is 2.58. The maximum absolute atomic E-state index is 13.4. The van der Waals surface area contributed by atoms with Crippen molar-refractivity contribution in [1.29, 1.82) is 0 Å². The lowest BCUT2D eigenvalue weighted by Crippen LogP contribution is -2.17. The van der Waals surface area contributed by atoms with E-state index in [9.17, 15) is 14.5 Å². The summed E-state index contributed by atoms with van der Waals surface area (Å²) in [5.74, 6) is 0.422. The van der Waals surface area contributed by atoms with E-state index in [1.807, 2.05) is 0 Å². The van der Waals surface area contributed by atoms with Gasteiger partial charge in [-0.1, -0.05) is 11.6 Å². The van der Waals surface area contributed by atoms with Gasteiger partial charge in [-0.05, 0) is 50.0 Å². The Morgan fingerprint density at radius 2 is 2.22 bits per heavy atom. The van der Waals surface area contributed by atoms with Crippen LogP contribution in [0.2, 0.25) is 5.02 Å². The summed E-state index contributed by atoms with van der Waals surface area (Å²) in [4.78, 5) is 22.1. The third-order valence-electron chi connectivity index (χ3n) is 6.47. The van der Waals surface area contributed by atoms with Crippen LogP contribution in [-0.2, 0) is 0 Å². The topological polar surface area (TPSA) is 93.4 Å². The highest BCUT2D eigenvalue weighted by atomic mass is 35.5. The Labute approximate surface area is 188 Å². The Kier molecular flexibility index (Phi) is 5.10. The van der Waals surface area contributed by atoms with E-state index in [0.29, 0.717) is 40.3 Å². The van der Waals surface area contributed by atoms with Crippen molar-refractivity contribution in [2.24, 2.45) is 11.3 Å². The molecular formula is C22H21ClFN5O3. The molecule has 1 aliphatic heterocycles. The molecule has 0 radical (unpaired) electrons. The first-order valence-electron chi connectivity index (χ1n) is 10.3. The van der Waals surface area contributed by atoms with Gasteiger partial charge in [0.1, 0.15) is 18.0 Å². The van der Waals surface area contributed by atoms with Crippen LogP contribution in [0.25, 0.3) is 10.9 Å². The van der Waals surface area contributed by atoms with Crippen molar-refractivity contribution in [2.75, 3.05) is 32.1 Å². The Morgan fingerprint density at radius 1 is 1.38 bits per heavy atom. The third-order valence-corrected chi connectivity index (χ3v) is 6.76. The number of fused-ring (bicyclic) bond motifs is 1. The maximum Gasteiger partial charge on any atom is 0.311 e. The number of benzene rings is 2. The molecular weight excluding hydrogens is 437 g/mol. The maximum atomic E-state index is 13.4. The molecule has 2 unspecified atom stereocenters. The number of aromatic nitrogens is 2. The molecule has 2 aromatic carbocycles. The van der Waals surface area contributed by atoms with Gasteiger partial charge in [0, 0.05) is 30.3 Å². The van der Waals surface area contributed by atoms with E-state index >= 15 is 0 Å². The average Bonchev–Trinajstić information content (AvgIpc) is 3.30. The minimum absolute atomic E-state index is 0.0404. The number of likely N-dealkylation sites (tertiary alicyclic amines) is 1. The second kappa shape index (κ2) is 7.83. The normalized spacial score (nSPS) is 22.4. The minimum atomic E-state index is -0.538. The van der Waals surface area contributed by atoms with Crippen molar-refractivity contribution in [3.8, 4) is 5.75 Å². The number of nitrogens with zero attached hydrogens (tertiary/aromatic N) is 4. The van der Waals surface area contributed by atoms with Crippen LogP contribution in [0.3, 0.4) is 0 Å². The lowest BCUT2D eigenvalue weighted by Gasteiger charge is -2.13. The van der Waals surface area contributed by atoms with Gasteiger partial charge in [0.2, 0.25) is 0 Å². The molecule has 166 valence electrons. The van der Waals surface area contributed by atoms with Crippen LogP contribution in [0.5, 0.6) is 5.75 Å². The van der Waals surface area contributed by atoms with E-state index in [-0.39, 0.29) is 16.5 Å². The monoisotopic (exact) mass is 457 g/mol. The van der Waals surface area contributed by atoms with Crippen LogP contribution in [0, 0.1) is 27.3 Å². The summed E-state index contributed by atoms with van der Waals surface area (Å²) in [6, 6.07) is 7.14. The van der Waals surface area contributed by atoms with Crippen molar-refractivity contribution in [3.05, 3.63) is 57.6 Å². The summed E-state index contributed by atoms with van der Waals surface area (Å²) >= 11 is 5.85. The van der Waals surface area contributed by atoms with Gasteiger partial charge in [0.15, 0.2) is 5.75 Å². The predicted molar refractivity (Wildman–Crippen MR) is 119 cm³/mol. The molecule has 1 saturated heterocycles. The van der Waals surface area contributed by atoms with Crippen LogP contribution in [-0.4, -0.2) is 46.5 Å². The van der Waals surface area contributed by atoms with Gasteiger partial charge in [-0.25, -0.2) is 14.4 Å². The first-order valence-corrected chi connectivity index (χ1v) is 10.7. The highest BCUT2D eigenvalue weighted by Crippen LogP contribution is 2.58. The quantitative estimate of drug-likeness (QED) is 0.420.